The molecule has 0 aliphatic heterocycles. The zero-order chi connectivity index (χ0) is 18.4. The molecule has 1 heteroatoms. The van der Waals surface area contributed by atoms with E-state index < -0.39 is 5.89 Å². The van der Waals surface area contributed by atoms with Gasteiger partial charge < -0.3 is 0 Å². The summed E-state index contributed by atoms with van der Waals surface area (Å²) in [4.78, 5) is 0. The molecule has 1 aliphatic carbocycles. The molecule has 0 unspecified atom stereocenters. The standard InChI is InChI=1S/C22H30N/c1-16-10-11-19(22(2,3)4)15-20(16)21-14-18(12-13-23(21)5)17-8-6-7-9-17/h10-15,17H,6-9H2,1-5H3/q+1/i13D,17D. The third kappa shape index (κ3) is 3.34. The van der Waals surface area contributed by atoms with Crippen LogP contribution in [0.25, 0.3) is 11.3 Å². The van der Waals surface area contributed by atoms with Crippen LogP contribution in [0.5, 0.6) is 0 Å². The van der Waals surface area contributed by atoms with Crippen molar-refractivity contribution in [2.45, 2.75) is 64.7 Å². The second-order valence-corrected chi connectivity index (χ2v) is 7.91. The summed E-state index contributed by atoms with van der Waals surface area (Å²) in [5.74, 6) is -0.519. The summed E-state index contributed by atoms with van der Waals surface area (Å²) in [5.41, 5.74) is 5.82. The summed E-state index contributed by atoms with van der Waals surface area (Å²) in [6.45, 7) is 8.81. The number of pyridine rings is 1. The molecule has 0 saturated heterocycles. The molecule has 0 amide bonds. The maximum absolute atomic E-state index is 8.85. The minimum Gasteiger partial charge on any atom is -0.201 e. The van der Waals surface area contributed by atoms with Crippen LogP contribution in [-0.2, 0) is 12.5 Å². The molecule has 1 nitrogen and oxygen atoms in total. The lowest BCUT2D eigenvalue weighted by molar-refractivity contribution is -0.660. The van der Waals surface area contributed by atoms with Gasteiger partial charge in [0.25, 0.3) is 0 Å². The third-order valence-corrected chi connectivity index (χ3v) is 5.06. The van der Waals surface area contributed by atoms with Gasteiger partial charge in [0.15, 0.2) is 6.17 Å². The third-order valence-electron chi connectivity index (χ3n) is 5.06. The van der Waals surface area contributed by atoms with Gasteiger partial charge in [0.1, 0.15) is 8.42 Å². The Bertz CT molecular complexity index is 796. The fraction of sp³-hybridized carbons (Fsp3) is 0.500. The monoisotopic (exact) mass is 310 g/mol. The van der Waals surface area contributed by atoms with E-state index in [1.165, 1.54) is 16.7 Å². The minimum atomic E-state index is -0.519. The predicted molar refractivity (Wildman–Crippen MR) is 97.7 cm³/mol. The molecule has 1 aliphatic rings. The summed E-state index contributed by atoms with van der Waals surface area (Å²) in [6.07, 6.45) is 4.52. The molecule has 2 aromatic rings. The number of nitrogens with zero attached hydrogens (tertiary/aromatic N) is 1. The zero-order valence-electron chi connectivity index (χ0n) is 17.2. The molecule has 0 atom stereocenters. The van der Waals surface area contributed by atoms with Crippen LogP contribution in [0.4, 0.5) is 0 Å². The Labute approximate surface area is 144 Å². The van der Waals surface area contributed by atoms with Gasteiger partial charge in [-0.2, -0.15) is 0 Å². The molecular formula is C22H30N+. The fourth-order valence-electron chi connectivity index (χ4n) is 3.44. The number of aromatic nitrogens is 1. The molecule has 1 saturated carbocycles. The highest BCUT2D eigenvalue weighted by atomic mass is 14.9. The molecular weight excluding hydrogens is 278 g/mol. The molecule has 1 heterocycles. The molecule has 0 radical (unpaired) electrons. The normalized spacial score (nSPS) is 18.7. The van der Waals surface area contributed by atoms with E-state index in [-0.39, 0.29) is 5.41 Å². The largest absolute Gasteiger partial charge is 0.212 e. The van der Waals surface area contributed by atoms with Gasteiger partial charge >= 0.3 is 0 Å². The van der Waals surface area contributed by atoms with Gasteiger partial charge in [-0.15, -0.1) is 0 Å². The summed E-state index contributed by atoms with van der Waals surface area (Å²) in [6, 6.07) is 10.7. The first-order valence-electron chi connectivity index (χ1n) is 9.74. The quantitative estimate of drug-likeness (QED) is 0.650. The smallest absolute Gasteiger partial charge is 0.201 e. The van der Waals surface area contributed by atoms with Gasteiger partial charge in [-0.05, 0) is 53.8 Å². The van der Waals surface area contributed by atoms with Crippen molar-refractivity contribution < 1.29 is 7.31 Å². The van der Waals surface area contributed by atoms with Crippen LogP contribution in [0.2, 0.25) is 0 Å². The van der Waals surface area contributed by atoms with E-state index in [2.05, 4.69) is 52.0 Å². The minimum absolute atomic E-state index is 0.0878. The van der Waals surface area contributed by atoms with Gasteiger partial charge in [0, 0.05) is 19.1 Å². The molecule has 0 spiro atoms. The topological polar surface area (TPSA) is 3.88 Å². The van der Waals surface area contributed by atoms with E-state index in [0.717, 1.165) is 36.9 Å². The lowest BCUT2D eigenvalue weighted by Crippen LogP contribution is -2.31. The van der Waals surface area contributed by atoms with Crippen LogP contribution in [0.15, 0.2) is 36.5 Å². The molecule has 1 aromatic heterocycles. The average molecular weight is 311 g/mol. The summed E-state index contributed by atoms with van der Waals surface area (Å²) in [7, 11) is 1.95. The van der Waals surface area contributed by atoms with E-state index in [1.807, 2.05) is 17.7 Å². The van der Waals surface area contributed by atoms with Gasteiger partial charge in [-0.3, -0.25) is 0 Å². The van der Waals surface area contributed by atoms with Crippen LogP contribution in [0, 0.1) is 6.92 Å². The molecule has 23 heavy (non-hydrogen) atoms. The van der Waals surface area contributed by atoms with Crippen LogP contribution in [0.1, 0.15) is 71.8 Å². The molecule has 1 aromatic carbocycles. The summed E-state index contributed by atoms with van der Waals surface area (Å²) in [5, 5.41) is 0. The Morgan fingerprint density at radius 2 is 1.83 bits per heavy atom. The molecule has 122 valence electrons. The SMILES string of the molecule is [2H]c1cc(C2([2H])CCCC2)cc(-c2cc(C(C)(C)C)ccc2C)[n+]1C. The Morgan fingerprint density at radius 1 is 1.13 bits per heavy atom. The summed E-state index contributed by atoms with van der Waals surface area (Å²) < 4.78 is 19.2. The van der Waals surface area contributed by atoms with E-state index in [0.29, 0.717) is 6.17 Å². The molecule has 0 bridgehead atoms. The maximum Gasteiger partial charge on any atom is 0.212 e. The summed E-state index contributed by atoms with van der Waals surface area (Å²) >= 11 is 0. The van der Waals surface area contributed by atoms with Crippen LogP contribution in [0.3, 0.4) is 0 Å². The van der Waals surface area contributed by atoms with Crippen molar-refractivity contribution in [2.75, 3.05) is 0 Å². The fourth-order valence-corrected chi connectivity index (χ4v) is 3.44. The lowest BCUT2D eigenvalue weighted by atomic mass is 9.84. The highest BCUT2D eigenvalue weighted by Crippen LogP contribution is 2.35. The van der Waals surface area contributed by atoms with E-state index in [4.69, 9.17) is 2.74 Å². The van der Waals surface area contributed by atoms with Crippen molar-refractivity contribution in [3.63, 3.8) is 0 Å². The molecule has 3 rings (SSSR count). The van der Waals surface area contributed by atoms with Gasteiger partial charge in [0.05, 0.1) is 0 Å². The number of hydrogen-bond acceptors (Lipinski definition) is 0. The van der Waals surface area contributed by atoms with Crippen LogP contribution < -0.4 is 4.57 Å². The molecule has 1 fully saturated rings. The van der Waals surface area contributed by atoms with E-state index in [9.17, 15) is 0 Å². The highest BCUT2D eigenvalue weighted by Gasteiger charge is 2.22. The average Bonchev–Trinajstić information content (AvgIpc) is 2.97. The van der Waals surface area contributed by atoms with Crippen molar-refractivity contribution >= 4 is 0 Å². The number of aryl methyl sites for hydroxylation is 1. The van der Waals surface area contributed by atoms with Crippen LogP contribution >= 0.6 is 0 Å². The van der Waals surface area contributed by atoms with Crippen molar-refractivity contribution in [2.24, 2.45) is 7.05 Å². The number of rotatable bonds is 2. The molecule has 0 N–H and O–H groups in total. The zero-order valence-corrected chi connectivity index (χ0v) is 15.2. The van der Waals surface area contributed by atoms with Gasteiger partial charge in [0.2, 0.25) is 5.69 Å². The first-order chi connectivity index (χ1) is 11.6. The van der Waals surface area contributed by atoms with Gasteiger partial charge in [-0.1, -0.05) is 45.7 Å². The van der Waals surface area contributed by atoms with Crippen molar-refractivity contribution in [1.82, 2.24) is 0 Å². The Morgan fingerprint density at radius 3 is 2.48 bits per heavy atom. The Kier molecular flexibility index (Phi) is 3.66. The first-order valence-corrected chi connectivity index (χ1v) is 8.74. The van der Waals surface area contributed by atoms with Crippen LogP contribution in [-0.4, -0.2) is 0 Å². The Balaban J connectivity index is 2.19. The number of benzene rings is 1. The van der Waals surface area contributed by atoms with E-state index in [1.54, 1.807) is 0 Å². The lowest BCUT2D eigenvalue weighted by Gasteiger charge is -2.20. The van der Waals surface area contributed by atoms with Gasteiger partial charge in [-0.25, -0.2) is 4.57 Å². The highest BCUT2D eigenvalue weighted by molar-refractivity contribution is 5.63. The van der Waals surface area contributed by atoms with Crippen molar-refractivity contribution in [3.05, 3.63) is 53.2 Å². The second-order valence-electron chi connectivity index (χ2n) is 7.91. The first kappa shape index (κ1) is 13.8. The maximum atomic E-state index is 8.85. The second kappa shape index (κ2) is 6.11. The Hall–Kier alpha value is -1.63. The van der Waals surface area contributed by atoms with Crippen molar-refractivity contribution in [3.8, 4) is 11.3 Å². The van der Waals surface area contributed by atoms with Crippen molar-refractivity contribution in [1.29, 1.82) is 0 Å². The number of hydrogen-bond donors (Lipinski definition) is 0. The predicted octanol–water partition coefficient (Wildman–Crippen LogP) is 5.44. The van der Waals surface area contributed by atoms with E-state index >= 15 is 0 Å².